The summed E-state index contributed by atoms with van der Waals surface area (Å²) in [5.41, 5.74) is 2.04. The summed E-state index contributed by atoms with van der Waals surface area (Å²) in [6.07, 6.45) is 0.811. The van der Waals surface area contributed by atoms with Crippen LogP contribution in [0.1, 0.15) is 18.3 Å². The second kappa shape index (κ2) is 5.43. The summed E-state index contributed by atoms with van der Waals surface area (Å²) in [5.74, 6) is 0.937. The fraction of sp³-hybridized carbons (Fsp3) is 0.312. The zero-order chi connectivity index (χ0) is 16.0. The molecule has 5 nitrogen and oxygen atoms in total. The van der Waals surface area contributed by atoms with Crippen molar-refractivity contribution in [2.45, 2.75) is 23.6 Å². The molecule has 1 aromatic carbocycles. The summed E-state index contributed by atoms with van der Waals surface area (Å²) in [4.78, 5) is 4.59. The maximum absolute atomic E-state index is 12.7. The molecular formula is C16H17N3O2S2. The van der Waals surface area contributed by atoms with Gasteiger partial charge in [0.1, 0.15) is 10.0 Å². The quantitative estimate of drug-likeness (QED) is 0.732. The van der Waals surface area contributed by atoms with Crippen LogP contribution in [0.25, 0.3) is 11.0 Å². The molecule has 1 aliphatic rings. The first-order valence-corrected chi connectivity index (χ1v) is 9.86. The van der Waals surface area contributed by atoms with Crippen molar-refractivity contribution in [2.24, 2.45) is 0 Å². The first kappa shape index (κ1) is 14.9. The van der Waals surface area contributed by atoms with Crippen molar-refractivity contribution >= 4 is 32.4 Å². The van der Waals surface area contributed by atoms with Gasteiger partial charge in [-0.3, -0.25) is 0 Å². The lowest BCUT2D eigenvalue weighted by Crippen LogP contribution is -2.28. The molecule has 1 fully saturated rings. The van der Waals surface area contributed by atoms with Crippen LogP contribution >= 0.6 is 11.3 Å². The number of benzene rings is 1. The van der Waals surface area contributed by atoms with E-state index in [-0.39, 0.29) is 6.04 Å². The molecule has 1 atom stereocenters. The number of thiophene rings is 1. The van der Waals surface area contributed by atoms with E-state index in [1.165, 1.54) is 11.3 Å². The average Bonchev–Trinajstić information content (AvgIpc) is 3.26. The number of aryl methyl sites for hydroxylation is 1. The van der Waals surface area contributed by atoms with Crippen molar-refractivity contribution in [3.8, 4) is 0 Å². The van der Waals surface area contributed by atoms with Gasteiger partial charge in [0.25, 0.3) is 10.0 Å². The Morgan fingerprint density at radius 3 is 2.83 bits per heavy atom. The summed E-state index contributed by atoms with van der Waals surface area (Å²) in [6, 6.07) is 11.6. The lowest BCUT2D eigenvalue weighted by molar-refractivity contribution is 0.453. The van der Waals surface area contributed by atoms with Crippen molar-refractivity contribution in [1.29, 1.82) is 0 Å². The predicted octanol–water partition coefficient (Wildman–Crippen LogP) is 3.04. The fourth-order valence-electron chi connectivity index (χ4n) is 3.30. The Balaban J connectivity index is 1.67. The molecule has 3 aromatic rings. The van der Waals surface area contributed by atoms with E-state index >= 15 is 0 Å². The number of sulfonamides is 1. The predicted molar refractivity (Wildman–Crippen MR) is 91.2 cm³/mol. The number of imidazole rings is 1. The zero-order valence-electron chi connectivity index (χ0n) is 12.7. The molecule has 2 aromatic heterocycles. The monoisotopic (exact) mass is 347 g/mol. The van der Waals surface area contributed by atoms with Gasteiger partial charge >= 0.3 is 0 Å². The third-order valence-electron chi connectivity index (χ3n) is 4.35. The SMILES string of the molecule is Cc1nc2ccccc2n1C1CCN(S(=O)(=O)c2cccs2)C1. The van der Waals surface area contributed by atoms with Gasteiger partial charge in [-0.25, -0.2) is 13.4 Å². The summed E-state index contributed by atoms with van der Waals surface area (Å²) in [5, 5.41) is 1.80. The molecule has 0 amide bonds. The van der Waals surface area contributed by atoms with Gasteiger partial charge in [0, 0.05) is 13.1 Å². The van der Waals surface area contributed by atoms with E-state index in [4.69, 9.17) is 0 Å². The molecule has 0 spiro atoms. The van der Waals surface area contributed by atoms with Gasteiger partial charge in [0.2, 0.25) is 0 Å². The van der Waals surface area contributed by atoms with E-state index in [1.807, 2.05) is 31.2 Å². The Morgan fingerprint density at radius 1 is 1.22 bits per heavy atom. The van der Waals surface area contributed by atoms with Crippen LogP contribution in [0.3, 0.4) is 0 Å². The second-order valence-corrected chi connectivity index (χ2v) is 8.87. The highest BCUT2D eigenvalue weighted by molar-refractivity contribution is 7.91. The third kappa shape index (κ3) is 2.39. The van der Waals surface area contributed by atoms with Crippen LogP contribution in [0, 0.1) is 6.92 Å². The van der Waals surface area contributed by atoms with E-state index in [0.29, 0.717) is 17.3 Å². The highest BCUT2D eigenvalue weighted by atomic mass is 32.2. The summed E-state index contributed by atoms with van der Waals surface area (Å²) in [7, 11) is -3.37. The first-order valence-electron chi connectivity index (χ1n) is 7.54. The van der Waals surface area contributed by atoms with E-state index in [9.17, 15) is 8.42 Å². The molecular weight excluding hydrogens is 330 g/mol. The number of nitrogens with zero attached hydrogens (tertiary/aromatic N) is 3. The zero-order valence-corrected chi connectivity index (χ0v) is 14.3. The molecule has 23 heavy (non-hydrogen) atoms. The van der Waals surface area contributed by atoms with Crippen LogP contribution in [0.15, 0.2) is 46.0 Å². The van der Waals surface area contributed by atoms with Gasteiger partial charge in [0.05, 0.1) is 17.1 Å². The molecule has 3 heterocycles. The number of aromatic nitrogens is 2. The van der Waals surface area contributed by atoms with Crippen molar-refractivity contribution in [2.75, 3.05) is 13.1 Å². The summed E-state index contributed by atoms with van der Waals surface area (Å²) < 4.78 is 29.5. The Kier molecular flexibility index (Phi) is 3.51. The van der Waals surface area contributed by atoms with Gasteiger partial charge in [-0.2, -0.15) is 4.31 Å². The van der Waals surface area contributed by atoms with Crippen molar-refractivity contribution < 1.29 is 8.42 Å². The fourth-order valence-corrected chi connectivity index (χ4v) is 5.94. The Hall–Kier alpha value is -1.70. The Labute approximate surface area is 139 Å². The van der Waals surface area contributed by atoms with Crippen molar-refractivity contribution in [3.63, 3.8) is 0 Å². The van der Waals surface area contributed by atoms with Crippen LogP contribution < -0.4 is 0 Å². The molecule has 0 bridgehead atoms. The first-order chi connectivity index (χ1) is 11.1. The smallest absolute Gasteiger partial charge is 0.252 e. The Bertz CT molecular complexity index is 945. The molecule has 7 heteroatoms. The topological polar surface area (TPSA) is 55.2 Å². The average molecular weight is 347 g/mol. The lowest BCUT2D eigenvalue weighted by atomic mass is 10.2. The second-order valence-electron chi connectivity index (χ2n) is 5.76. The van der Waals surface area contributed by atoms with E-state index < -0.39 is 10.0 Å². The molecule has 0 N–H and O–H groups in total. The molecule has 1 saturated heterocycles. The molecule has 0 saturated carbocycles. The Morgan fingerprint density at radius 2 is 2.04 bits per heavy atom. The summed E-state index contributed by atoms with van der Waals surface area (Å²) in [6.45, 7) is 3.04. The highest BCUT2D eigenvalue weighted by Gasteiger charge is 2.34. The molecule has 1 aliphatic heterocycles. The molecule has 1 unspecified atom stereocenters. The van der Waals surface area contributed by atoms with Gasteiger partial charge < -0.3 is 4.57 Å². The molecule has 0 radical (unpaired) electrons. The minimum atomic E-state index is -3.37. The van der Waals surface area contributed by atoms with E-state index in [0.717, 1.165) is 23.3 Å². The highest BCUT2D eigenvalue weighted by Crippen LogP contribution is 2.32. The van der Waals surface area contributed by atoms with E-state index in [2.05, 4.69) is 9.55 Å². The number of hydrogen-bond acceptors (Lipinski definition) is 4. The number of rotatable bonds is 3. The van der Waals surface area contributed by atoms with Gasteiger partial charge in [0.15, 0.2) is 0 Å². The third-order valence-corrected chi connectivity index (χ3v) is 7.59. The molecule has 120 valence electrons. The lowest BCUT2D eigenvalue weighted by Gasteiger charge is -2.17. The van der Waals surface area contributed by atoms with Gasteiger partial charge in [-0.1, -0.05) is 18.2 Å². The van der Waals surface area contributed by atoms with E-state index in [1.54, 1.807) is 21.8 Å². The van der Waals surface area contributed by atoms with Crippen LogP contribution in [0.4, 0.5) is 0 Å². The largest absolute Gasteiger partial charge is 0.324 e. The maximum Gasteiger partial charge on any atom is 0.252 e. The van der Waals surface area contributed by atoms with Crippen molar-refractivity contribution in [3.05, 3.63) is 47.6 Å². The molecule has 4 rings (SSSR count). The standard InChI is InChI=1S/C16H17N3O2S2/c1-12-17-14-5-2-3-6-15(14)19(12)13-8-9-18(11-13)23(20,21)16-7-4-10-22-16/h2-7,10,13H,8-9,11H2,1H3. The minimum Gasteiger partial charge on any atom is -0.324 e. The van der Waals surface area contributed by atoms with Crippen LogP contribution in [-0.4, -0.2) is 35.4 Å². The maximum atomic E-state index is 12.7. The van der Waals surface area contributed by atoms with Crippen LogP contribution in [0.5, 0.6) is 0 Å². The summed E-state index contributed by atoms with van der Waals surface area (Å²) >= 11 is 1.27. The number of fused-ring (bicyclic) bond motifs is 1. The van der Waals surface area contributed by atoms with Gasteiger partial charge in [-0.15, -0.1) is 11.3 Å². The van der Waals surface area contributed by atoms with Gasteiger partial charge in [-0.05, 0) is 36.9 Å². The van der Waals surface area contributed by atoms with Crippen molar-refractivity contribution in [1.82, 2.24) is 13.9 Å². The number of para-hydroxylation sites is 2. The normalized spacial score (nSPS) is 19.6. The molecule has 0 aliphatic carbocycles. The minimum absolute atomic E-state index is 0.136. The van der Waals surface area contributed by atoms with Crippen LogP contribution in [0.2, 0.25) is 0 Å². The van der Waals surface area contributed by atoms with Crippen LogP contribution in [-0.2, 0) is 10.0 Å². The number of hydrogen-bond donors (Lipinski definition) is 0.